The molecule has 0 saturated carbocycles. The molecule has 0 aromatic carbocycles. The van der Waals surface area contributed by atoms with Crippen LogP contribution >= 0.6 is 11.8 Å². The van der Waals surface area contributed by atoms with Crippen LogP contribution < -0.4 is 5.32 Å². The fourth-order valence-electron chi connectivity index (χ4n) is 0.900. The average Bonchev–Trinajstić information content (AvgIpc) is 1.84. The molecule has 0 heterocycles. The van der Waals surface area contributed by atoms with E-state index >= 15 is 0 Å². The van der Waals surface area contributed by atoms with Gasteiger partial charge >= 0.3 is 0 Å². The largest absolute Gasteiger partial charge is 0.354 e. The van der Waals surface area contributed by atoms with E-state index in [4.69, 9.17) is 0 Å². The summed E-state index contributed by atoms with van der Waals surface area (Å²) in [5.74, 6) is 1.19. The summed E-state index contributed by atoms with van der Waals surface area (Å²) in [6, 6.07) is 0.314. The molecule has 0 saturated heterocycles. The Balaban J connectivity index is 3.31. The number of amides is 1. The lowest BCUT2D eigenvalue weighted by Gasteiger charge is -2.12. The molecule has 1 unspecified atom stereocenters. The maximum absolute atomic E-state index is 10.6. The van der Waals surface area contributed by atoms with Crippen LogP contribution in [-0.4, -0.2) is 23.0 Å². The highest BCUT2D eigenvalue weighted by molar-refractivity contribution is 7.99. The lowest BCUT2D eigenvalue weighted by molar-refractivity contribution is -0.119. The molecule has 2 nitrogen and oxygen atoms in total. The van der Waals surface area contributed by atoms with Crippen LogP contribution in [0.3, 0.4) is 0 Å². The number of hydrogen-bond donors (Lipinski definition) is 1. The lowest BCUT2D eigenvalue weighted by atomic mass is 10.2. The van der Waals surface area contributed by atoms with Crippen molar-refractivity contribution in [1.82, 2.24) is 5.32 Å². The van der Waals surface area contributed by atoms with Gasteiger partial charge in [0.15, 0.2) is 0 Å². The summed E-state index contributed by atoms with van der Waals surface area (Å²) in [4.78, 5) is 10.6. The van der Waals surface area contributed by atoms with E-state index in [1.54, 1.807) is 6.92 Å². The molecular formula is C9H19NOS. The third-order valence-electron chi connectivity index (χ3n) is 1.45. The maximum atomic E-state index is 10.6. The zero-order chi connectivity index (χ0) is 9.56. The van der Waals surface area contributed by atoms with Gasteiger partial charge in [-0.3, -0.25) is 4.79 Å². The number of thioether (sulfide) groups is 1. The van der Waals surface area contributed by atoms with Gasteiger partial charge in [0.2, 0.25) is 5.91 Å². The molecule has 0 radical (unpaired) electrons. The molecule has 72 valence electrons. The van der Waals surface area contributed by atoms with Crippen LogP contribution in [0.5, 0.6) is 0 Å². The monoisotopic (exact) mass is 189 g/mol. The van der Waals surface area contributed by atoms with Crippen LogP contribution in [0.4, 0.5) is 0 Å². The smallest absolute Gasteiger partial charge is 0.217 e. The summed E-state index contributed by atoms with van der Waals surface area (Å²) >= 11 is 1.94. The van der Waals surface area contributed by atoms with Crippen molar-refractivity contribution in [2.75, 3.05) is 5.75 Å². The predicted octanol–water partition coefficient (Wildman–Crippen LogP) is 2.04. The van der Waals surface area contributed by atoms with E-state index in [9.17, 15) is 4.79 Å². The molecule has 0 rings (SSSR count). The molecular weight excluding hydrogens is 170 g/mol. The minimum atomic E-state index is 0.0667. The van der Waals surface area contributed by atoms with Crippen LogP contribution in [0, 0.1) is 0 Å². The Morgan fingerprint density at radius 2 is 2.00 bits per heavy atom. The Morgan fingerprint density at radius 1 is 1.42 bits per heavy atom. The van der Waals surface area contributed by atoms with Gasteiger partial charge in [-0.2, -0.15) is 11.8 Å². The van der Waals surface area contributed by atoms with Crippen LogP contribution in [0.1, 0.15) is 34.1 Å². The summed E-state index contributed by atoms with van der Waals surface area (Å²) < 4.78 is 0. The van der Waals surface area contributed by atoms with Crippen LogP contribution in [0.2, 0.25) is 0 Å². The van der Waals surface area contributed by atoms with E-state index in [0.717, 1.165) is 12.2 Å². The molecule has 0 aliphatic heterocycles. The van der Waals surface area contributed by atoms with Crippen molar-refractivity contribution >= 4 is 17.7 Å². The molecule has 1 N–H and O–H groups in total. The fourth-order valence-corrected chi connectivity index (χ4v) is 1.86. The molecule has 0 aromatic rings. The second-order valence-electron chi connectivity index (χ2n) is 3.31. The topological polar surface area (TPSA) is 29.1 Å². The summed E-state index contributed by atoms with van der Waals surface area (Å²) in [6.45, 7) is 7.98. The van der Waals surface area contributed by atoms with E-state index < -0.39 is 0 Å². The Morgan fingerprint density at radius 3 is 2.42 bits per heavy atom. The number of carbonyl (C=O) groups is 1. The zero-order valence-corrected chi connectivity index (χ0v) is 9.20. The summed E-state index contributed by atoms with van der Waals surface area (Å²) in [5.41, 5.74) is 0. The quantitative estimate of drug-likeness (QED) is 0.717. The molecule has 1 atom stereocenters. The van der Waals surface area contributed by atoms with Gasteiger partial charge in [0, 0.05) is 13.0 Å². The lowest BCUT2D eigenvalue weighted by Crippen LogP contribution is -2.30. The second-order valence-corrected chi connectivity index (χ2v) is 4.99. The third kappa shape index (κ3) is 7.92. The summed E-state index contributed by atoms with van der Waals surface area (Å²) in [6.07, 6.45) is 1.06. The Labute approximate surface area is 79.5 Å². The molecule has 12 heavy (non-hydrogen) atoms. The van der Waals surface area contributed by atoms with E-state index in [-0.39, 0.29) is 5.91 Å². The Bertz CT molecular complexity index is 136. The highest BCUT2D eigenvalue weighted by Gasteiger charge is 2.03. The highest BCUT2D eigenvalue weighted by Crippen LogP contribution is 2.11. The van der Waals surface area contributed by atoms with Crippen molar-refractivity contribution in [3.8, 4) is 0 Å². The van der Waals surface area contributed by atoms with Gasteiger partial charge in [0.05, 0.1) is 0 Å². The van der Waals surface area contributed by atoms with E-state index in [1.807, 2.05) is 18.7 Å². The second kappa shape index (κ2) is 6.35. The molecule has 0 aliphatic rings. The van der Waals surface area contributed by atoms with Crippen molar-refractivity contribution in [3.63, 3.8) is 0 Å². The highest BCUT2D eigenvalue weighted by atomic mass is 32.2. The minimum absolute atomic E-state index is 0.0667. The molecule has 0 aliphatic carbocycles. The van der Waals surface area contributed by atoms with Crippen molar-refractivity contribution in [2.24, 2.45) is 0 Å². The normalized spacial score (nSPS) is 13.1. The van der Waals surface area contributed by atoms with Gasteiger partial charge in [-0.15, -0.1) is 0 Å². The SMILES string of the molecule is CC(=O)NC(C)CCSC(C)C. The van der Waals surface area contributed by atoms with Gasteiger partial charge in [-0.25, -0.2) is 0 Å². The first-order valence-corrected chi connectivity index (χ1v) is 5.46. The number of hydrogen-bond acceptors (Lipinski definition) is 2. The van der Waals surface area contributed by atoms with Gasteiger partial charge in [0.1, 0.15) is 0 Å². The Kier molecular flexibility index (Phi) is 6.25. The third-order valence-corrected chi connectivity index (χ3v) is 2.59. The molecule has 0 bridgehead atoms. The first-order chi connectivity index (χ1) is 5.52. The molecule has 0 spiro atoms. The van der Waals surface area contributed by atoms with Crippen molar-refractivity contribution in [1.29, 1.82) is 0 Å². The minimum Gasteiger partial charge on any atom is -0.354 e. The molecule has 0 fully saturated rings. The standard InChI is InChI=1S/C9H19NOS/c1-7(2)12-6-5-8(3)10-9(4)11/h7-8H,5-6H2,1-4H3,(H,10,11). The zero-order valence-electron chi connectivity index (χ0n) is 8.39. The van der Waals surface area contributed by atoms with Crippen LogP contribution in [-0.2, 0) is 4.79 Å². The van der Waals surface area contributed by atoms with Crippen LogP contribution in [0.25, 0.3) is 0 Å². The summed E-state index contributed by atoms with van der Waals surface area (Å²) in [5, 5.41) is 3.55. The summed E-state index contributed by atoms with van der Waals surface area (Å²) in [7, 11) is 0. The van der Waals surface area contributed by atoms with Gasteiger partial charge in [-0.05, 0) is 24.3 Å². The fraction of sp³-hybridized carbons (Fsp3) is 0.889. The number of carbonyl (C=O) groups excluding carboxylic acids is 1. The van der Waals surface area contributed by atoms with Gasteiger partial charge in [0.25, 0.3) is 0 Å². The predicted molar refractivity (Wildman–Crippen MR) is 55.5 cm³/mol. The molecule has 0 aromatic heterocycles. The Hall–Kier alpha value is -0.180. The first-order valence-electron chi connectivity index (χ1n) is 4.41. The van der Waals surface area contributed by atoms with E-state index in [1.165, 1.54) is 0 Å². The van der Waals surface area contributed by atoms with E-state index in [0.29, 0.717) is 11.3 Å². The van der Waals surface area contributed by atoms with Crippen molar-refractivity contribution < 1.29 is 4.79 Å². The average molecular weight is 189 g/mol. The van der Waals surface area contributed by atoms with Gasteiger partial charge in [-0.1, -0.05) is 13.8 Å². The first kappa shape index (κ1) is 11.8. The van der Waals surface area contributed by atoms with Crippen molar-refractivity contribution in [2.45, 2.75) is 45.4 Å². The van der Waals surface area contributed by atoms with Crippen molar-refractivity contribution in [3.05, 3.63) is 0 Å². The van der Waals surface area contributed by atoms with E-state index in [2.05, 4.69) is 19.2 Å². The maximum Gasteiger partial charge on any atom is 0.217 e. The molecule has 1 amide bonds. The molecule has 3 heteroatoms. The van der Waals surface area contributed by atoms with Gasteiger partial charge < -0.3 is 5.32 Å². The number of nitrogens with one attached hydrogen (secondary N) is 1. The number of rotatable bonds is 5. The van der Waals surface area contributed by atoms with Crippen LogP contribution in [0.15, 0.2) is 0 Å².